The molecule has 0 aliphatic carbocycles. The molecule has 0 aromatic carbocycles. The molecule has 0 aliphatic rings. The molecule has 0 fully saturated rings. The number of amides is 2. The Kier molecular flexibility index (Phi) is 3.17. The third kappa shape index (κ3) is 4.83. The van der Waals surface area contributed by atoms with Crippen molar-refractivity contribution in [1.82, 2.24) is 10.6 Å². The Bertz CT molecular complexity index is 157. The van der Waals surface area contributed by atoms with E-state index in [9.17, 15) is 9.59 Å². The summed E-state index contributed by atoms with van der Waals surface area (Å²) in [4.78, 5) is 20.5. The highest BCUT2D eigenvalue weighted by molar-refractivity contribution is 5.78. The molecule has 0 aromatic rings. The summed E-state index contributed by atoms with van der Waals surface area (Å²) >= 11 is 0. The lowest BCUT2D eigenvalue weighted by atomic mass is 10.6. The molecule has 2 N–H and O–H groups in total. The molecule has 0 saturated heterocycles. The van der Waals surface area contributed by atoms with E-state index in [0.29, 0.717) is 0 Å². The monoisotopic (exact) mass is 141 g/mol. The van der Waals surface area contributed by atoms with E-state index < -0.39 is 0 Å². The van der Waals surface area contributed by atoms with Crippen LogP contribution in [-0.2, 0) is 9.59 Å². The third-order valence-corrected chi connectivity index (χ3v) is 0.621. The molecule has 0 heterocycles. The SMILES string of the molecule is [CH]=C(NC(C)=O)NC(C)=O. The van der Waals surface area contributed by atoms with Crippen LogP contribution in [0.3, 0.4) is 0 Å². The Morgan fingerprint density at radius 1 is 1.10 bits per heavy atom. The van der Waals surface area contributed by atoms with E-state index >= 15 is 0 Å². The second kappa shape index (κ2) is 3.66. The lowest BCUT2D eigenvalue weighted by Gasteiger charge is -2.04. The smallest absolute Gasteiger partial charge is 0.222 e. The third-order valence-electron chi connectivity index (χ3n) is 0.621. The molecule has 0 spiro atoms. The van der Waals surface area contributed by atoms with Crippen molar-refractivity contribution in [3.8, 4) is 0 Å². The fourth-order valence-electron chi connectivity index (χ4n) is 0.411. The lowest BCUT2D eigenvalue weighted by molar-refractivity contribution is -0.119. The van der Waals surface area contributed by atoms with Crippen LogP contribution < -0.4 is 10.6 Å². The molecule has 0 aromatic heterocycles. The van der Waals surface area contributed by atoms with Crippen LogP contribution in [0.2, 0.25) is 0 Å². The molecule has 2 amide bonds. The lowest BCUT2D eigenvalue weighted by Crippen LogP contribution is -2.31. The Hall–Kier alpha value is -1.32. The van der Waals surface area contributed by atoms with Gasteiger partial charge in [-0.2, -0.15) is 0 Å². The molecule has 10 heavy (non-hydrogen) atoms. The normalized spacial score (nSPS) is 8.20. The average molecular weight is 141 g/mol. The maximum absolute atomic E-state index is 10.3. The number of carbonyl (C=O) groups excluding carboxylic acids is 2. The van der Waals surface area contributed by atoms with Crippen LogP contribution >= 0.6 is 0 Å². The summed E-state index contributed by atoms with van der Waals surface area (Å²) in [6, 6.07) is 0. The van der Waals surface area contributed by atoms with E-state index in [2.05, 4.69) is 10.6 Å². The molecule has 55 valence electrons. The van der Waals surface area contributed by atoms with E-state index in [1.807, 2.05) is 0 Å². The fraction of sp³-hybridized carbons (Fsp3) is 0.333. The number of carbonyl (C=O) groups is 2. The molecule has 0 unspecified atom stereocenters. The van der Waals surface area contributed by atoms with E-state index in [4.69, 9.17) is 6.58 Å². The zero-order chi connectivity index (χ0) is 8.15. The molecule has 0 rings (SSSR count). The molecule has 4 heteroatoms. The second-order valence-electron chi connectivity index (χ2n) is 1.78. The van der Waals surface area contributed by atoms with Crippen molar-refractivity contribution in [1.29, 1.82) is 0 Å². The topological polar surface area (TPSA) is 58.2 Å². The molecule has 0 bridgehead atoms. The highest BCUT2D eigenvalue weighted by Gasteiger charge is 1.96. The van der Waals surface area contributed by atoms with Gasteiger partial charge in [-0.05, 0) is 6.58 Å². The highest BCUT2D eigenvalue weighted by atomic mass is 16.2. The van der Waals surface area contributed by atoms with Crippen LogP contribution in [0.25, 0.3) is 0 Å². The number of nitrogens with one attached hydrogen (secondary N) is 2. The first-order chi connectivity index (χ1) is 4.52. The van der Waals surface area contributed by atoms with Crippen LogP contribution in [0.15, 0.2) is 5.82 Å². The zero-order valence-corrected chi connectivity index (χ0v) is 5.89. The van der Waals surface area contributed by atoms with Crippen molar-refractivity contribution in [2.45, 2.75) is 13.8 Å². The van der Waals surface area contributed by atoms with Crippen molar-refractivity contribution in [2.75, 3.05) is 0 Å². The van der Waals surface area contributed by atoms with Gasteiger partial charge in [0.2, 0.25) is 11.8 Å². The van der Waals surface area contributed by atoms with Gasteiger partial charge in [-0.1, -0.05) is 0 Å². The number of hydrogen-bond acceptors (Lipinski definition) is 2. The van der Waals surface area contributed by atoms with Gasteiger partial charge in [0.05, 0.1) is 0 Å². The highest BCUT2D eigenvalue weighted by Crippen LogP contribution is 1.74. The van der Waals surface area contributed by atoms with E-state index in [1.54, 1.807) is 0 Å². The molecule has 1 radical (unpaired) electrons. The maximum Gasteiger partial charge on any atom is 0.222 e. The van der Waals surface area contributed by atoms with Crippen molar-refractivity contribution < 1.29 is 9.59 Å². The summed E-state index contributed by atoms with van der Waals surface area (Å²) in [5, 5.41) is 4.40. The maximum atomic E-state index is 10.3. The molecular weight excluding hydrogens is 132 g/mol. The molecule has 0 aliphatic heterocycles. The zero-order valence-electron chi connectivity index (χ0n) is 5.89. The predicted octanol–water partition coefficient (Wildman–Crippen LogP) is -0.467. The summed E-state index contributed by atoms with van der Waals surface area (Å²) in [7, 11) is 0. The quantitative estimate of drug-likeness (QED) is 0.546. The van der Waals surface area contributed by atoms with E-state index in [-0.39, 0.29) is 17.6 Å². The standard InChI is InChI=1S/C6H9N2O2/c1-4(7-5(2)9)8-6(3)10/h1H,2-3H3,(H,7,9)(H,8,10). The first kappa shape index (κ1) is 8.68. The first-order valence-corrected chi connectivity index (χ1v) is 2.70. The van der Waals surface area contributed by atoms with Gasteiger partial charge in [0.1, 0.15) is 5.82 Å². The Labute approximate surface area is 59.3 Å². The fourth-order valence-corrected chi connectivity index (χ4v) is 0.411. The van der Waals surface area contributed by atoms with Crippen molar-refractivity contribution >= 4 is 11.8 Å². The van der Waals surface area contributed by atoms with Crippen LogP contribution in [0, 0.1) is 6.58 Å². The minimum atomic E-state index is -0.314. The van der Waals surface area contributed by atoms with Gasteiger partial charge in [0, 0.05) is 13.8 Å². The van der Waals surface area contributed by atoms with Gasteiger partial charge < -0.3 is 10.6 Å². The van der Waals surface area contributed by atoms with Gasteiger partial charge in [0.15, 0.2) is 0 Å². The molecular formula is C6H9N2O2. The van der Waals surface area contributed by atoms with Crippen LogP contribution in [0.1, 0.15) is 13.8 Å². The van der Waals surface area contributed by atoms with Gasteiger partial charge in [0.25, 0.3) is 0 Å². The van der Waals surface area contributed by atoms with Crippen molar-refractivity contribution in [3.05, 3.63) is 12.4 Å². The number of rotatable bonds is 2. The van der Waals surface area contributed by atoms with E-state index in [0.717, 1.165) is 0 Å². The van der Waals surface area contributed by atoms with Gasteiger partial charge in [-0.25, -0.2) is 0 Å². The summed E-state index contributed by atoms with van der Waals surface area (Å²) in [6.45, 7) is 7.73. The Balaban J connectivity index is 3.65. The summed E-state index contributed by atoms with van der Waals surface area (Å²) in [5.74, 6) is -0.669. The summed E-state index contributed by atoms with van der Waals surface area (Å²) in [6.07, 6.45) is 0. The molecule has 0 atom stereocenters. The number of hydrogen-bond donors (Lipinski definition) is 2. The largest absolute Gasteiger partial charge is 0.312 e. The van der Waals surface area contributed by atoms with Gasteiger partial charge in [-0.15, -0.1) is 0 Å². The van der Waals surface area contributed by atoms with Crippen LogP contribution in [-0.4, -0.2) is 11.8 Å². The van der Waals surface area contributed by atoms with Gasteiger partial charge in [-0.3, -0.25) is 9.59 Å². The second-order valence-corrected chi connectivity index (χ2v) is 1.78. The van der Waals surface area contributed by atoms with Crippen LogP contribution in [0.4, 0.5) is 0 Å². The molecule has 0 saturated carbocycles. The summed E-state index contributed by atoms with van der Waals surface area (Å²) < 4.78 is 0. The predicted molar refractivity (Wildman–Crippen MR) is 35.4 cm³/mol. The van der Waals surface area contributed by atoms with Gasteiger partial charge >= 0.3 is 0 Å². The first-order valence-electron chi connectivity index (χ1n) is 2.70. The molecule has 4 nitrogen and oxygen atoms in total. The van der Waals surface area contributed by atoms with Crippen molar-refractivity contribution in [2.24, 2.45) is 0 Å². The minimum Gasteiger partial charge on any atom is -0.312 e. The summed E-state index contributed by atoms with van der Waals surface area (Å²) in [5.41, 5.74) is 0. The Morgan fingerprint density at radius 2 is 1.40 bits per heavy atom. The van der Waals surface area contributed by atoms with E-state index in [1.165, 1.54) is 13.8 Å². The van der Waals surface area contributed by atoms with Crippen molar-refractivity contribution in [3.63, 3.8) is 0 Å². The average Bonchev–Trinajstić information content (AvgIpc) is 1.58. The van der Waals surface area contributed by atoms with Crippen LogP contribution in [0.5, 0.6) is 0 Å². The Morgan fingerprint density at radius 3 is 1.60 bits per heavy atom. The minimum absolute atomic E-state index is 0.0417.